The van der Waals surface area contributed by atoms with Crippen LogP contribution in [0.2, 0.25) is 0 Å². The molecule has 0 heterocycles. The van der Waals surface area contributed by atoms with E-state index in [4.69, 9.17) is 9.47 Å². The van der Waals surface area contributed by atoms with Gasteiger partial charge in [0.2, 0.25) is 0 Å². The van der Waals surface area contributed by atoms with Gasteiger partial charge < -0.3 is 20.1 Å². The van der Waals surface area contributed by atoms with Crippen molar-refractivity contribution in [2.45, 2.75) is 20.0 Å². The molecule has 1 aromatic carbocycles. The van der Waals surface area contributed by atoms with Crippen LogP contribution in [0.1, 0.15) is 24.2 Å². The molecule has 0 radical (unpaired) electrons. The molecular formula is C15H21N3O6. The van der Waals surface area contributed by atoms with E-state index in [-0.39, 0.29) is 11.3 Å². The second-order valence-corrected chi connectivity index (χ2v) is 4.85. The number of amides is 1. The first-order valence-electron chi connectivity index (χ1n) is 7.40. The number of non-ortho nitro benzene ring substituents is 1. The Bertz CT molecular complexity index is 605. The van der Waals surface area contributed by atoms with Crippen molar-refractivity contribution in [2.24, 2.45) is 0 Å². The number of nitrogens with one attached hydrogen (secondary N) is 2. The summed E-state index contributed by atoms with van der Waals surface area (Å²) in [6.07, 6.45) is -1.01. The monoisotopic (exact) mass is 339 g/mol. The van der Waals surface area contributed by atoms with Gasteiger partial charge in [-0.1, -0.05) is 0 Å². The van der Waals surface area contributed by atoms with Crippen LogP contribution in [0.15, 0.2) is 18.2 Å². The minimum atomic E-state index is -1.01. The van der Waals surface area contributed by atoms with E-state index in [9.17, 15) is 19.7 Å². The highest BCUT2D eigenvalue weighted by Crippen LogP contribution is 2.23. The second-order valence-electron chi connectivity index (χ2n) is 4.85. The molecule has 132 valence electrons. The second kappa shape index (κ2) is 9.46. The van der Waals surface area contributed by atoms with E-state index in [1.807, 2.05) is 0 Å². The Kier molecular flexibility index (Phi) is 7.63. The number of nitrogens with zero attached hydrogens (tertiary/aromatic N) is 1. The number of anilines is 1. The van der Waals surface area contributed by atoms with Crippen molar-refractivity contribution in [3.05, 3.63) is 33.9 Å². The molecule has 0 saturated carbocycles. The van der Waals surface area contributed by atoms with Gasteiger partial charge in [-0.25, -0.2) is 4.79 Å². The van der Waals surface area contributed by atoms with E-state index in [1.54, 1.807) is 6.92 Å². The SMILES string of the molecule is CCNC(=O)[C@H](C)OC(=O)c1cc([N+](=O)[O-])ccc1NCCOC. The smallest absolute Gasteiger partial charge is 0.341 e. The predicted octanol–water partition coefficient (Wildman–Crippen LogP) is 1.33. The predicted molar refractivity (Wildman–Crippen MR) is 87.0 cm³/mol. The fourth-order valence-electron chi connectivity index (χ4n) is 1.85. The molecule has 1 rings (SSSR count). The van der Waals surface area contributed by atoms with Crippen molar-refractivity contribution in [1.29, 1.82) is 0 Å². The van der Waals surface area contributed by atoms with Gasteiger partial charge in [0.15, 0.2) is 6.10 Å². The highest BCUT2D eigenvalue weighted by molar-refractivity contribution is 5.98. The first-order chi connectivity index (χ1) is 11.4. The Morgan fingerprint density at radius 2 is 2.08 bits per heavy atom. The number of ether oxygens (including phenoxy) is 2. The summed E-state index contributed by atoms with van der Waals surface area (Å²) in [5, 5.41) is 16.4. The number of benzene rings is 1. The lowest BCUT2D eigenvalue weighted by Crippen LogP contribution is -2.35. The molecule has 0 bridgehead atoms. The van der Waals surface area contributed by atoms with Crippen LogP contribution in [0.4, 0.5) is 11.4 Å². The number of carbonyl (C=O) groups excluding carboxylic acids is 2. The Morgan fingerprint density at radius 3 is 2.67 bits per heavy atom. The topological polar surface area (TPSA) is 120 Å². The first-order valence-corrected chi connectivity index (χ1v) is 7.40. The molecule has 0 aliphatic carbocycles. The zero-order valence-electron chi connectivity index (χ0n) is 13.8. The summed E-state index contributed by atoms with van der Waals surface area (Å²) in [4.78, 5) is 34.3. The van der Waals surface area contributed by atoms with Crippen LogP contribution >= 0.6 is 0 Å². The Morgan fingerprint density at radius 1 is 1.38 bits per heavy atom. The van der Waals surface area contributed by atoms with Gasteiger partial charge in [0.05, 0.1) is 17.1 Å². The fourth-order valence-corrected chi connectivity index (χ4v) is 1.85. The van der Waals surface area contributed by atoms with E-state index in [0.717, 1.165) is 6.07 Å². The van der Waals surface area contributed by atoms with Crippen molar-refractivity contribution < 1.29 is 24.0 Å². The maximum absolute atomic E-state index is 12.3. The van der Waals surface area contributed by atoms with Gasteiger partial charge in [0.1, 0.15) is 0 Å². The number of esters is 1. The van der Waals surface area contributed by atoms with E-state index in [2.05, 4.69) is 10.6 Å². The van der Waals surface area contributed by atoms with Crippen molar-refractivity contribution in [2.75, 3.05) is 32.1 Å². The molecule has 0 fully saturated rings. The van der Waals surface area contributed by atoms with Crippen LogP contribution in [0.25, 0.3) is 0 Å². The molecule has 0 saturated heterocycles. The highest BCUT2D eigenvalue weighted by Gasteiger charge is 2.22. The number of carbonyl (C=O) groups is 2. The number of nitro groups is 1. The summed E-state index contributed by atoms with van der Waals surface area (Å²) >= 11 is 0. The summed E-state index contributed by atoms with van der Waals surface area (Å²) in [6.45, 7) is 4.37. The quantitative estimate of drug-likeness (QED) is 0.301. The Labute approximate surface area is 139 Å². The Balaban J connectivity index is 2.99. The first kappa shape index (κ1) is 19.4. The van der Waals surface area contributed by atoms with Crippen LogP contribution < -0.4 is 10.6 Å². The van der Waals surface area contributed by atoms with Gasteiger partial charge >= 0.3 is 5.97 Å². The molecular weight excluding hydrogens is 318 g/mol. The number of hydrogen-bond donors (Lipinski definition) is 2. The molecule has 2 N–H and O–H groups in total. The molecule has 24 heavy (non-hydrogen) atoms. The van der Waals surface area contributed by atoms with Crippen molar-refractivity contribution in [3.8, 4) is 0 Å². The molecule has 0 aromatic heterocycles. The van der Waals surface area contributed by atoms with E-state index in [1.165, 1.54) is 26.2 Å². The molecule has 9 nitrogen and oxygen atoms in total. The maximum Gasteiger partial charge on any atom is 0.341 e. The molecule has 1 atom stereocenters. The number of likely N-dealkylation sites (N-methyl/N-ethyl adjacent to an activating group) is 1. The van der Waals surface area contributed by atoms with Crippen LogP contribution in [0, 0.1) is 10.1 Å². The minimum absolute atomic E-state index is 0.0172. The van der Waals surface area contributed by atoms with Gasteiger partial charge in [-0.05, 0) is 19.9 Å². The summed E-state index contributed by atoms with van der Waals surface area (Å²) in [5.74, 6) is -1.26. The van der Waals surface area contributed by atoms with Gasteiger partial charge in [0.25, 0.3) is 11.6 Å². The number of hydrogen-bond acceptors (Lipinski definition) is 7. The average Bonchev–Trinajstić information content (AvgIpc) is 2.55. The zero-order chi connectivity index (χ0) is 18.1. The molecule has 0 aliphatic heterocycles. The maximum atomic E-state index is 12.3. The number of methoxy groups -OCH3 is 1. The van der Waals surface area contributed by atoms with Gasteiger partial charge in [-0.15, -0.1) is 0 Å². The number of rotatable bonds is 9. The van der Waals surface area contributed by atoms with Crippen LogP contribution in [0.5, 0.6) is 0 Å². The summed E-state index contributed by atoms with van der Waals surface area (Å²) in [6, 6.07) is 3.81. The standard InChI is InChI=1S/C15H21N3O6/c1-4-16-14(19)10(2)24-15(20)12-9-11(18(21)22)5-6-13(12)17-7-8-23-3/h5-6,9-10,17H,4,7-8H2,1-3H3,(H,16,19)/t10-/m0/s1. The van der Waals surface area contributed by atoms with E-state index >= 15 is 0 Å². The third kappa shape index (κ3) is 5.51. The van der Waals surface area contributed by atoms with E-state index in [0.29, 0.717) is 25.4 Å². The van der Waals surface area contributed by atoms with E-state index < -0.39 is 22.9 Å². The molecule has 9 heteroatoms. The van der Waals surface area contributed by atoms with Gasteiger partial charge in [0, 0.05) is 38.0 Å². The van der Waals surface area contributed by atoms with Crippen molar-refractivity contribution in [3.63, 3.8) is 0 Å². The lowest BCUT2D eigenvalue weighted by Gasteiger charge is -2.15. The summed E-state index contributed by atoms with van der Waals surface area (Å²) < 4.78 is 10.00. The normalized spacial score (nSPS) is 11.5. The van der Waals surface area contributed by atoms with Crippen LogP contribution in [-0.2, 0) is 14.3 Å². The largest absolute Gasteiger partial charge is 0.449 e. The number of nitro benzene ring substituents is 1. The Hall–Kier alpha value is -2.68. The van der Waals surface area contributed by atoms with Crippen LogP contribution in [0.3, 0.4) is 0 Å². The van der Waals surface area contributed by atoms with Crippen molar-refractivity contribution >= 4 is 23.3 Å². The third-order valence-corrected chi connectivity index (χ3v) is 3.06. The minimum Gasteiger partial charge on any atom is -0.449 e. The molecule has 1 aromatic rings. The summed E-state index contributed by atoms with van der Waals surface area (Å²) in [5.41, 5.74) is 0.104. The van der Waals surface area contributed by atoms with Gasteiger partial charge in [-0.3, -0.25) is 14.9 Å². The van der Waals surface area contributed by atoms with Crippen LogP contribution in [-0.4, -0.2) is 49.7 Å². The van der Waals surface area contributed by atoms with Crippen molar-refractivity contribution in [1.82, 2.24) is 5.32 Å². The fraction of sp³-hybridized carbons (Fsp3) is 0.467. The lowest BCUT2D eigenvalue weighted by molar-refractivity contribution is -0.384. The highest BCUT2D eigenvalue weighted by atomic mass is 16.6. The zero-order valence-corrected chi connectivity index (χ0v) is 13.8. The summed E-state index contributed by atoms with van der Waals surface area (Å²) in [7, 11) is 1.53. The lowest BCUT2D eigenvalue weighted by atomic mass is 10.1. The molecule has 0 unspecified atom stereocenters. The average molecular weight is 339 g/mol. The molecule has 0 spiro atoms. The van der Waals surface area contributed by atoms with Gasteiger partial charge in [-0.2, -0.15) is 0 Å². The molecule has 0 aliphatic rings. The molecule has 1 amide bonds. The third-order valence-electron chi connectivity index (χ3n) is 3.06.